The van der Waals surface area contributed by atoms with E-state index in [2.05, 4.69) is 36.2 Å². The zero-order valence-electron chi connectivity index (χ0n) is 16.9. The molecule has 1 amide bonds. The van der Waals surface area contributed by atoms with E-state index in [1.54, 1.807) is 18.2 Å². The third-order valence-corrected chi connectivity index (χ3v) is 4.24. The van der Waals surface area contributed by atoms with Gasteiger partial charge in [0.15, 0.2) is 0 Å². The van der Waals surface area contributed by atoms with Crippen LogP contribution in [-0.2, 0) is 6.42 Å². The van der Waals surface area contributed by atoms with E-state index in [9.17, 15) is 4.79 Å². The average Bonchev–Trinajstić information content (AvgIpc) is 3.13. The van der Waals surface area contributed by atoms with E-state index in [-0.39, 0.29) is 29.8 Å². The molecule has 3 N–H and O–H groups in total. The number of nitrogens with one attached hydrogen (secondary N) is 1. The molecule has 2 aromatic carbocycles. The van der Waals surface area contributed by atoms with Gasteiger partial charge in [-0.15, -0.1) is 12.4 Å². The van der Waals surface area contributed by atoms with Crippen LogP contribution in [0.15, 0.2) is 59.1 Å². The number of benzene rings is 2. The lowest BCUT2D eigenvalue weighted by Gasteiger charge is -2.14. The predicted molar refractivity (Wildman–Crippen MR) is 116 cm³/mol. The van der Waals surface area contributed by atoms with Crippen LogP contribution in [-0.4, -0.2) is 22.6 Å². The van der Waals surface area contributed by atoms with Crippen molar-refractivity contribution in [1.82, 2.24) is 15.5 Å². The van der Waals surface area contributed by atoms with Crippen LogP contribution in [0.1, 0.15) is 48.6 Å². The Kier molecular flexibility index (Phi) is 7.53. The Hall–Kier alpha value is -2.70. The Morgan fingerprint density at radius 1 is 1.14 bits per heavy atom. The maximum atomic E-state index is 12.5. The largest absolute Gasteiger partial charge is 0.350 e. The van der Waals surface area contributed by atoms with Gasteiger partial charge < -0.3 is 15.6 Å². The number of aromatic nitrogens is 2. The Morgan fingerprint density at radius 2 is 1.86 bits per heavy atom. The first-order valence-electron chi connectivity index (χ1n) is 9.33. The van der Waals surface area contributed by atoms with Gasteiger partial charge in [0.1, 0.15) is 0 Å². The van der Waals surface area contributed by atoms with Crippen molar-refractivity contribution >= 4 is 18.3 Å². The zero-order chi connectivity index (χ0) is 20.1. The Bertz CT molecular complexity index is 935. The topological polar surface area (TPSA) is 94.0 Å². The Labute approximate surface area is 177 Å². The molecule has 3 rings (SSSR count). The fraction of sp³-hybridized carbons (Fsp3) is 0.318. The molecule has 0 saturated heterocycles. The molecule has 154 valence electrons. The molecular weight excluding hydrogens is 388 g/mol. The highest BCUT2D eigenvalue weighted by molar-refractivity contribution is 5.95. The highest BCUT2D eigenvalue weighted by atomic mass is 35.5. The summed E-state index contributed by atoms with van der Waals surface area (Å²) in [6.07, 6.45) is 0.692. The number of rotatable bonds is 6. The van der Waals surface area contributed by atoms with E-state index >= 15 is 0 Å². The Morgan fingerprint density at radius 3 is 2.55 bits per heavy atom. The molecule has 0 aliphatic carbocycles. The molecule has 0 bridgehead atoms. The minimum atomic E-state index is -0.259. The molecular formula is C22H27ClN4O2. The maximum Gasteiger partial charge on any atom is 0.251 e. The maximum absolute atomic E-state index is 12.5. The van der Waals surface area contributed by atoms with Crippen molar-refractivity contribution in [2.45, 2.75) is 33.2 Å². The van der Waals surface area contributed by atoms with Gasteiger partial charge in [-0.1, -0.05) is 68.4 Å². The summed E-state index contributed by atoms with van der Waals surface area (Å²) in [4.78, 5) is 17.0. The second kappa shape index (κ2) is 9.67. The minimum Gasteiger partial charge on any atom is -0.350 e. The summed E-state index contributed by atoms with van der Waals surface area (Å²) in [5.74, 6) is 0.882. The summed E-state index contributed by atoms with van der Waals surface area (Å²) < 4.78 is 5.35. The summed E-state index contributed by atoms with van der Waals surface area (Å²) in [6, 6.07) is 16.6. The molecule has 0 spiro atoms. The summed E-state index contributed by atoms with van der Waals surface area (Å²) in [5, 5.41) is 6.93. The number of hydrogen-bond acceptors (Lipinski definition) is 5. The summed E-state index contributed by atoms with van der Waals surface area (Å²) >= 11 is 0. The van der Waals surface area contributed by atoms with Crippen LogP contribution in [0.25, 0.3) is 11.4 Å². The number of nitrogens with two attached hydrogens (primary N) is 1. The van der Waals surface area contributed by atoms with Gasteiger partial charge in [0.25, 0.3) is 5.91 Å². The lowest BCUT2D eigenvalue weighted by Crippen LogP contribution is -2.31. The molecule has 0 aliphatic heterocycles. The molecule has 6 nitrogen and oxygen atoms in total. The van der Waals surface area contributed by atoms with Gasteiger partial charge in [-0.05, 0) is 23.1 Å². The van der Waals surface area contributed by atoms with Crippen molar-refractivity contribution in [1.29, 1.82) is 0 Å². The van der Waals surface area contributed by atoms with Gasteiger partial charge in [0.2, 0.25) is 11.7 Å². The fourth-order valence-electron chi connectivity index (χ4n) is 2.82. The van der Waals surface area contributed by atoms with E-state index in [1.807, 2.05) is 36.4 Å². The number of halogens is 1. The van der Waals surface area contributed by atoms with Crippen molar-refractivity contribution in [3.8, 4) is 11.4 Å². The molecule has 1 unspecified atom stereocenters. The van der Waals surface area contributed by atoms with Crippen molar-refractivity contribution in [3.05, 3.63) is 71.6 Å². The van der Waals surface area contributed by atoms with Crippen molar-refractivity contribution < 1.29 is 9.32 Å². The van der Waals surface area contributed by atoms with E-state index in [0.717, 1.165) is 11.1 Å². The molecule has 0 aliphatic rings. The first-order valence-corrected chi connectivity index (χ1v) is 9.33. The molecule has 0 radical (unpaired) electrons. The van der Waals surface area contributed by atoms with Crippen LogP contribution in [0.2, 0.25) is 0 Å². The van der Waals surface area contributed by atoms with Crippen LogP contribution in [0, 0.1) is 5.41 Å². The molecule has 29 heavy (non-hydrogen) atoms. The van der Waals surface area contributed by atoms with E-state index in [0.29, 0.717) is 30.2 Å². The average molecular weight is 415 g/mol. The number of amides is 1. The lowest BCUT2D eigenvalue weighted by atomic mass is 9.92. The van der Waals surface area contributed by atoms with Gasteiger partial charge in [-0.2, -0.15) is 4.98 Å². The van der Waals surface area contributed by atoms with E-state index < -0.39 is 0 Å². The van der Waals surface area contributed by atoms with E-state index in [4.69, 9.17) is 10.3 Å². The van der Waals surface area contributed by atoms with Crippen molar-refractivity contribution in [2.75, 3.05) is 6.54 Å². The third-order valence-electron chi connectivity index (χ3n) is 4.24. The first kappa shape index (κ1) is 22.6. The van der Waals surface area contributed by atoms with E-state index in [1.165, 1.54) is 0 Å². The van der Waals surface area contributed by atoms with Gasteiger partial charge in [0, 0.05) is 30.1 Å². The van der Waals surface area contributed by atoms with Crippen LogP contribution in [0.4, 0.5) is 0 Å². The molecule has 1 atom stereocenters. The van der Waals surface area contributed by atoms with Gasteiger partial charge >= 0.3 is 0 Å². The third kappa shape index (κ3) is 6.41. The quantitative estimate of drug-likeness (QED) is 0.631. The molecule has 1 aromatic heterocycles. The number of carbonyl (C=O) groups is 1. The van der Waals surface area contributed by atoms with Gasteiger partial charge in [-0.3, -0.25) is 4.79 Å². The molecule has 0 saturated carbocycles. The van der Waals surface area contributed by atoms with Crippen LogP contribution in [0.3, 0.4) is 0 Å². The number of carbonyl (C=O) groups excluding carboxylic acids is 1. The second-order valence-corrected chi connectivity index (χ2v) is 8.06. The number of nitrogens with zero attached hydrogens (tertiary/aromatic N) is 2. The molecule has 3 aromatic rings. The van der Waals surface area contributed by atoms with Crippen LogP contribution >= 0.6 is 12.4 Å². The highest BCUT2D eigenvalue weighted by Crippen LogP contribution is 2.22. The standard InChI is InChI=1S/C22H26N4O2.ClH/c1-22(2,3)13-19-25-20(26-28-19)16-10-7-11-17(12-16)21(27)24-14-18(23)15-8-5-4-6-9-15;/h4-12,18H,13-14,23H2,1-3H3,(H,24,27);1H. The minimum absolute atomic E-state index is 0. The first-order chi connectivity index (χ1) is 13.3. The predicted octanol–water partition coefficient (Wildman–Crippen LogP) is 4.18. The lowest BCUT2D eigenvalue weighted by molar-refractivity contribution is 0.0951. The van der Waals surface area contributed by atoms with Crippen molar-refractivity contribution in [3.63, 3.8) is 0 Å². The molecule has 1 heterocycles. The fourth-order valence-corrected chi connectivity index (χ4v) is 2.82. The number of hydrogen-bond donors (Lipinski definition) is 2. The zero-order valence-corrected chi connectivity index (χ0v) is 17.7. The second-order valence-electron chi connectivity index (χ2n) is 8.06. The summed E-state index contributed by atoms with van der Waals surface area (Å²) in [7, 11) is 0. The molecule has 0 fully saturated rings. The smallest absolute Gasteiger partial charge is 0.251 e. The Balaban J connectivity index is 0.00000300. The normalized spacial score (nSPS) is 12.1. The SMILES string of the molecule is CC(C)(C)Cc1nc(-c2cccc(C(=O)NCC(N)c3ccccc3)c2)no1.Cl. The monoisotopic (exact) mass is 414 g/mol. The van der Waals surface area contributed by atoms with Crippen LogP contribution < -0.4 is 11.1 Å². The summed E-state index contributed by atoms with van der Waals surface area (Å²) in [5.41, 5.74) is 8.46. The summed E-state index contributed by atoms with van der Waals surface area (Å²) in [6.45, 7) is 6.69. The molecule has 7 heteroatoms. The van der Waals surface area contributed by atoms with Crippen molar-refractivity contribution in [2.24, 2.45) is 11.1 Å². The van der Waals surface area contributed by atoms with Gasteiger partial charge in [-0.25, -0.2) is 0 Å². The highest BCUT2D eigenvalue weighted by Gasteiger charge is 2.18. The van der Waals surface area contributed by atoms with Crippen LogP contribution in [0.5, 0.6) is 0 Å². The van der Waals surface area contributed by atoms with Gasteiger partial charge in [0.05, 0.1) is 0 Å².